The third-order valence-corrected chi connectivity index (χ3v) is 8.49. The summed E-state index contributed by atoms with van der Waals surface area (Å²) in [4.78, 5) is 2.95. The van der Waals surface area contributed by atoms with E-state index in [-0.39, 0.29) is 0 Å². The average Bonchev–Trinajstić information content (AvgIpc) is 2.80. The fraction of sp³-hybridized carbons (Fsp3) is 0.500. The molecule has 0 bridgehead atoms. The van der Waals surface area contributed by atoms with Crippen LogP contribution < -0.4 is 14.2 Å². The molecule has 0 spiro atoms. The molecular formula is C24H33NO5S. The summed E-state index contributed by atoms with van der Waals surface area (Å²) in [7, 11) is -1.42. The predicted molar refractivity (Wildman–Crippen MR) is 124 cm³/mol. The summed E-state index contributed by atoms with van der Waals surface area (Å²) in [5, 5.41) is -0.468. The summed E-state index contributed by atoms with van der Waals surface area (Å²) in [6, 6.07) is 12.9. The quantitative estimate of drug-likeness (QED) is 0.540. The van der Waals surface area contributed by atoms with Gasteiger partial charge in [0.05, 0.1) is 19.0 Å². The van der Waals surface area contributed by atoms with Crippen LogP contribution in [0.5, 0.6) is 17.2 Å². The third-order valence-electron chi connectivity index (χ3n) is 6.22. The molecule has 2 heterocycles. The second kappa shape index (κ2) is 9.69. The number of hydrogen-bond acceptors (Lipinski definition) is 6. The standard InChI is InChI=1S/C24H33NO5S/c1-18-24(30-22-17-21(28-2)11-12-23(22)31(18,26)27)19-7-9-20(10-8-19)29-16-6-15-25-13-4-3-5-14-25/h7-12,17-18,24,26-27H,3-6,13-16H2,1-2H3. The van der Waals surface area contributed by atoms with Gasteiger partial charge in [0.2, 0.25) is 0 Å². The van der Waals surface area contributed by atoms with E-state index in [1.807, 2.05) is 31.2 Å². The highest BCUT2D eigenvalue weighted by Crippen LogP contribution is 2.63. The molecule has 7 heteroatoms. The summed E-state index contributed by atoms with van der Waals surface area (Å²) in [5.41, 5.74) is 0.890. The number of benzene rings is 2. The maximum Gasteiger partial charge on any atom is 0.147 e. The second-order valence-corrected chi connectivity index (χ2v) is 10.7. The van der Waals surface area contributed by atoms with E-state index in [0.717, 1.165) is 24.3 Å². The summed E-state index contributed by atoms with van der Waals surface area (Å²) in [6.07, 6.45) is 4.54. The van der Waals surface area contributed by atoms with Gasteiger partial charge in [0.15, 0.2) is 0 Å². The maximum atomic E-state index is 10.9. The van der Waals surface area contributed by atoms with Crippen LogP contribution in [0.4, 0.5) is 0 Å². The van der Waals surface area contributed by atoms with E-state index in [0.29, 0.717) is 23.0 Å². The molecule has 31 heavy (non-hydrogen) atoms. The van der Waals surface area contributed by atoms with Gasteiger partial charge in [0.1, 0.15) is 28.2 Å². The lowest BCUT2D eigenvalue weighted by molar-refractivity contribution is 0.180. The predicted octanol–water partition coefficient (Wildman–Crippen LogP) is 5.58. The Morgan fingerprint density at radius 1 is 1.03 bits per heavy atom. The number of nitrogens with zero attached hydrogens (tertiary/aromatic N) is 1. The number of likely N-dealkylation sites (tertiary alicyclic amines) is 1. The van der Waals surface area contributed by atoms with Gasteiger partial charge in [0, 0.05) is 12.6 Å². The van der Waals surface area contributed by atoms with Crippen LogP contribution in [0.2, 0.25) is 0 Å². The van der Waals surface area contributed by atoms with Gasteiger partial charge >= 0.3 is 0 Å². The van der Waals surface area contributed by atoms with Crippen LogP contribution in [-0.4, -0.2) is 52.6 Å². The maximum absolute atomic E-state index is 10.9. The first kappa shape index (κ1) is 22.3. The Kier molecular flexibility index (Phi) is 6.96. The lowest BCUT2D eigenvalue weighted by Crippen LogP contribution is -2.31. The highest BCUT2D eigenvalue weighted by molar-refractivity contribution is 8.25. The minimum Gasteiger partial charge on any atom is -0.497 e. The van der Waals surface area contributed by atoms with Crippen molar-refractivity contribution in [1.82, 2.24) is 4.90 Å². The van der Waals surface area contributed by atoms with Crippen molar-refractivity contribution in [2.24, 2.45) is 0 Å². The molecule has 2 N–H and O–H groups in total. The van der Waals surface area contributed by atoms with Crippen LogP contribution in [0.1, 0.15) is 44.3 Å². The largest absolute Gasteiger partial charge is 0.497 e. The van der Waals surface area contributed by atoms with Gasteiger partial charge in [-0.2, -0.15) is 10.6 Å². The molecule has 2 atom stereocenters. The fourth-order valence-electron chi connectivity index (χ4n) is 4.31. The Balaban J connectivity index is 1.38. The molecule has 0 aromatic heterocycles. The van der Waals surface area contributed by atoms with Crippen molar-refractivity contribution >= 4 is 10.6 Å². The SMILES string of the molecule is COc1ccc2c(c1)OC(c1ccc(OCCCN3CCCCC3)cc1)C(C)S2(O)O. The van der Waals surface area contributed by atoms with Crippen molar-refractivity contribution in [2.75, 3.05) is 33.4 Å². The van der Waals surface area contributed by atoms with E-state index in [9.17, 15) is 9.11 Å². The second-order valence-electron chi connectivity index (χ2n) is 8.32. The normalized spacial score (nSPS) is 24.0. The number of hydrogen-bond donors (Lipinski definition) is 2. The molecule has 2 unspecified atom stereocenters. The minimum absolute atomic E-state index is 0.436. The molecular weight excluding hydrogens is 414 g/mol. The van der Waals surface area contributed by atoms with Crippen LogP contribution in [0.3, 0.4) is 0 Å². The number of fused-ring (bicyclic) bond motifs is 1. The zero-order chi connectivity index (χ0) is 21.8. The van der Waals surface area contributed by atoms with Crippen molar-refractivity contribution in [3.05, 3.63) is 48.0 Å². The van der Waals surface area contributed by atoms with Crippen LogP contribution in [-0.2, 0) is 0 Å². The van der Waals surface area contributed by atoms with Gasteiger partial charge in [-0.25, -0.2) is 0 Å². The van der Waals surface area contributed by atoms with E-state index in [1.54, 1.807) is 25.3 Å². The van der Waals surface area contributed by atoms with E-state index in [4.69, 9.17) is 14.2 Å². The molecule has 1 saturated heterocycles. The van der Waals surface area contributed by atoms with Gasteiger partial charge < -0.3 is 19.1 Å². The zero-order valence-corrected chi connectivity index (χ0v) is 19.1. The Labute approximate surface area is 186 Å². The van der Waals surface area contributed by atoms with Gasteiger partial charge in [-0.1, -0.05) is 18.6 Å². The number of piperidine rings is 1. The van der Waals surface area contributed by atoms with Crippen molar-refractivity contribution in [1.29, 1.82) is 0 Å². The Hall–Kier alpha value is -1.93. The fourth-order valence-corrected chi connectivity index (χ4v) is 5.94. The van der Waals surface area contributed by atoms with Crippen LogP contribution in [0, 0.1) is 0 Å². The van der Waals surface area contributed by atoms with Crippen molar-refractivity contribution < 1.29 is 23.3 Å². The Morgan fingerprint density at radius 3 is 2.45 bits per heavy atom. The molecule has 2 aromatic rings. The zero-order valence-electron chi connectivity index (χ0n) is 18.3. The minimum atomic E-state index is -3.00. The monoisotopic (exact) mass is 447 g/mol. The van der Waals surface area contributed by atoms with E-state index < -0.39 is 21.9 Å². The van der Waals surface area contributed by atoms with Crippen LogP contribution in [0.15, 0.2) is 47.4 Å². The first-order chi connectivity index (χ1) is 15.0. The first-order valence-corrected chi connectivity index (χ1v) is 12.7. The molecule has 0 saturated carbocycles. The lowest BCUT2D eigenvalue weighted by atomic mass is 10.1. The molecule has 2 aliphatic rings. The van der Waals surface area contributed by atoms with Crippen molar-refractivity contribution in [2.45, 2.75) is 48.9 Å². The lowest BCUT2D eigenvalue weighted by Gasteiger charge is -2.47. The molecule has 0 amide bonds. The topological polar surface area (TPSA) is 71.4 Å². The molecule has 6 nitrogen and oxygen atoms in total. The highest BCUT2D eigenvalue weighted by atomic mass is 32.3. The Morgan fingerprint density at radius 2 is 1.74 bits per heavy atom. The smallest absolute Gasteiger partial charge is 0.147 e. The van der Waals surface area contributed by atoms with E-state index in [1.165, 1.54) is 32.4 Å². The first-order valence-electron chi connectivity index (χ1n) is 11.1. The van der Waals surface area contributed by atoms with Gasteiger partial charge in [-0.15, -0.1) is 0 Å². The molecule has 170 valence electrons. The molecule has 4 rings (SSSR count). The van der Waals surface area contributed by atoms with E-state index in [2.05, 4.69) is 4.90 Å². The van der Waals surface area contributed by atoms with Gasteiger partial charge in [0.25, 0.3) is 0 Å². The summed E-state index contributed by atoms with van der Waals surface area (Å²) in [5.74, 6) is 1.90. The summed E-state index contributed by atoms with van der Waals surface area (Å²) < 4.78 is 39.1. The molecule has 2 aliphatic heterocycles. The van der Waals surface area contributed by atoms with Crippen molar-refractivity contribution in [3.8, 4) is 17.2 Å². The number of ether oxygens (including phenoxy) is 3. The van der Waals surface area contributed by atoms with Gasteiger partial charge in [-0.05, 0) is 69.1 Å². The number of rotatable bonds is 7. The third kappa shape index (κ3) is 4.95. The molecule has 2 aromatic carbocycles. The number of methoxy groups -OCH3 is 1. The molecule has 0 radical (unpaired) electrons. The molecule has 1 fully saturated rings. The van der Waals surface area contributed by atoms with Gasteiger partial charge in [-0.3, -0.25) is 9.11 Å². The van der Waals surface area contributed by atoms with Crippen LogP contribution >= 0.6 is 10.6 Å². The Bertz CT molecular complexity index is 867. The summed E-state index contributed by atoms with van der Waals surface area (Å²) in [6.45, 7) is 6.02. The highest BCUT2D eigenvalue weighted by Gasteiger charge is 2.40. The summed E-state index contributed by atoms with van der Waals surface area (Å²) >= 11 is 0. The van der Waals surface area contributed by atoms with E-state index >= 15 is 0 Å². The van der Waals surface area contributed by atoms with Crippen LogP contribution in [0.25, 0.3) is 0 Å². The average molecular weight is 448 g/mol. The van der Waals surface area contributed by atoms with Crippen molar-refractivity contribution in [3.63, 3.8) is 0 Å². The molecule has 0 aliphatic carbocycles.